The predicted octanol–water partition coefficient (Wildman–Crippen LogP) is 1.72. The molecule has 1 unspecified atom stereocenters. The summed E-state index contributed by atoms with van der Waals surface area (Å²) in [5.74, 6) is 0.540. The first-order chi connectivity index (χ1) is 4.66. The van der Waals surface area contributed by atoms with Crippen molar-refractivity contribution in [2.75, 3.05) is 6.61 Å². The molecule has 0 rings (SSSR count). The molecule has 2 nitrogen and oxygen atoms in total. The summed E-state index contributed by atoms with van der Waals surface area (Å²) in [5, 5.41) is -0.0681. The first-order valence-corrected chi connectivity index (χ1v) is 3.73. The van der Waals surface area contributed by atoms with Crippen LogP contribution < -0.4 is 0 Å². The maximum atomic E-state index is 9.59. The van der Waals surface area contributed by atoms with E-state index < -0.39 is 0 Å². The van der Waals surface area contributed by atoms with Crippen LogP contribution in [0.15, 0.2) is 0 Å². The van der Waals surface area contributed by atoms with E-state index in [0.717, 1.165) is 6.42 Å². The summed E-state index contributed by atoms with van der Waals surface area (Å²) in [6, 6.07) is 0. The van der Waals surface area contributed by atoms with Gasteiger partial charge in [0.1, 0.15) is 6.61 Å². The van der Waals surface area contributed by atoms with Gasteiger partial charge in [-0.1, -0.05) is 13.8 Å². The van der Waals surface area contributed by atoms with Crippen LogP contribution in [-0.2, 0) is 9.53 Å². The second kappa shape index (κ2) is 5.54. The lowest BCUT2D eigenvalue weighted by Gasteiger charge is -2.09. The molecule has 0 aliphatic carbocycles. The van der Waals surface area contributed by atoms with Crippen LogP contribution in [0, 0.1) is 5.92 Å². The van der Waals surface area contributed by atoms with Gasteiger partial charge in [-0.05, 0) is 12.3 Å². The molecule has 0 fully saturated rings. The molecule has 0 saturated carbocycles. The number of hydrogen-bond acceptors (Lipinski definition) is 2. The van der Waals surface area contributed by atoms with Crippen LogP contribution in [0.1, 0.15) is 20.3 Å². The molecule has 0 bridgehead atoms. The fourth-order valence-corrected chi connectivity index (χ4v) is 1.12. The van der Waals surface area contributed by atoms with E-state index in [1.807, 2.05) is 0 Å². The Morgan fingerprint density at radius 2 is 2.20 bits per heavy atom. The third-order valence-electron chi connectivity index (χ3n) is 1.05. The number of rotatable bonds is 5. The minimum Gasteiger partial charge on any atom is -0.456 e. The van der Waals surface area contributed by atoms with Gasteiger partial charge in [-0.2, -0.15) is 0 Å². The lowest BCUT2D eigenvalue weighted by atomic mass is 10.1. The first-order valence-electron chi connectivity index (χ1n) is 3.29. The van der Waals surface area contributed by atoms with E-state index in [2.05, 4.69) is 18.6 Å². The Bertz CT molecular complexity index is 93.6. The van der Waals surface area contributed by atoms with E-state index in [1.165, 1.54) is 6.47 Å². The van der Waals surface area contributed by atoms with Crippen LogP contribution in [0.2, 0.25) is 0 Å². The van der Waals surface area contributed by atoms with Crippen molar-refractivity contribution in [1.82, 2.24) is 0 Å². The molecule has 10 heavy (non-hydrogen) atoms. The molecular formula is C7H12ClO2. The van der Waals surface area contributed by atoms with Crippen molar-refractivity contribution in [2.24, 2.45) is 5.92 Å². The summed E-state index contributed by atoms with van der Waals surface area (Å²) in [6.07, 6.45) is 0.864. The van der Waals surface area contributed by atoms with Crippen molar-refractivity contribution in [1.29, 1.82) is 0 Å². The first kappa shape index (κ1) is 9.76. The van der Waals surface area contributed by atoms with Crippen LogP contribution in [-0.4, -0.2) is 18.5 Å². The van der Waals surface area contributed by atoms with E-state index in [-0.39, 0.29) is 12.0 Å². The Kier molecular flexibility index (Phi) is 5.40. The van der Waals surface area contributed by atoms with Crippen molar-refractivity contribution in [2.45, 2.75) is 25.6 Å². The van der Waals surface area contributed by atoms with Crippen molar-refractivity contribution in [3.63, 3.8) is 0 Å². The van der Waals surface area contributed by atoms with Crippen LogP contribution in [0.3, 0.4) is 0 Å². The molecule has 1 radical (unpaired) electrons. The maximum Gasteiger partial charge on any atom is 0.417 e. The molecular weight excluding hydrogens is 152 g/mol. The maximum absolute atomic E-state index is 9.59. The Morgan fingerprint density at radius 3 is 2.60 bits per heavy atom. The Labute approximate surface area is 66.5 Å². The lowest BCUT2D eigenvalue weighted by Crippen LogP contribution is -2.10. The Morgan fingerprint density at radius 1 is 1.60 bits per heavy atom. The van der Waals surface area contributed by atoms with E-state index in [9.17, 15) is 4.79 Å². The fourth-order valence-electron chi connectivity index (χ4n) is 0.704. The normalized spacial score (nSPS) is 13.2. The van der Waals surface area contributed by atoms with Crippen molar-refractivity contribution in [3.05, 3.63) is 0 Å². The fraction of sp³-hybridized carbons (Fsp3) is 0.857. The second-order valence-electron chi connectivity index (χ2n) is 2.62. The highest BCUT2D eigenvalue weighted by molar-refractivity contribution is 6.20. The molecule has 0 aromatic rings. The van der Waals surface area contributed by atoms with Crippen molar-refractivity contribution < 1.29 is 9.53 Å². The van der Waals surface area contributed by atoms with Crippen LogP contribution >= 0.6 is 11.6 Å². The number of alkyl halides is 1. The summed E-state index contributed by atoms with van der Waals surface area (Å²) in [4.78, 5) is 9.59. The van der Waals surface area contributed by atoms with E-state index in [4.69, 9.17) is 11.6 Å². The number of carbonyl (C=O) groups excluding carboxylic acids is 1. The Hall–Kier alpha value is -0.240. The number of hydrogen-bond donors (Lipinski definition) is 0. The highest BCUT2D eigenvalue weighted by Crippen LogP contribution is 2.10. The van der Waals surface area contributed by atoms with E-state index in [1.54, 1.807) is 0 Å². The van der Waals surface area contributed by atoms with E-state index in [0.29, 0.717) is 5.92 Å². The highest BCUT2D eigenvalue weighted by atomic mass is 35.5. The van der Waals surface area contributed by atoms with Gasteiger partial charge in [0.2, 0.25) is 0 Å². The highest BCUT2D eigenvalue weighted by Gasteiger charge is 2.06. The molecule has 0 amide bonds. The third kappa shape index (κ3) is 5.89. The van der Waals surface area contributed by atoms with Crippen molar-refractivity contribution >= 4 is 18.1 Å². The molecule has 0 aliphatic heterocycles. The van der Waals surface area contributed by atoms with Gasteiger partial charge in [0, 0.05) is 0 Å². The molecule has 0 aromatic heterocycles. The summed E-state index contributed by atoms with van der Waals surface area (Å²) in [7, 11) is 0. The average Bonchev–Trinajstić information content (AvgIpc) is 1.82. The SMILES string of the molecule is CC(C)CC(Cl)CO[C]=O. The molecule has 0 saturated heterocycles. The van der Waals surface area contributed by atoms with Crippen LogP contribution in [0.4, 0.5) is 0 Å². The van der Waals surface area contributed by atoms with Gasteiger partial charge in [-0.25, -0.2) is 4.79 Å². The standard InChI is InChI=1S/C7H12ClO2/c1-6(2)3-7(8)4-10-5-9/h6-7H,3-4H2,1-2H3. The van der Waals surface area contributed by atoms with Crippen molar-refractivity contribution in [3.8, 4) is 0 Å². The minimum atomic E-state index is -0.0681. The topological polar surface area (TPSA) is 26.3 Å². The van der Waals surface area contributed by atoms with Gasteiger partial charge < -0.3 is 4.74 Å². The number of ether oxygens (including phenoxy) is 1. The minimum absolute atomic E-state index is 0.0681. The lowest BCUT2D eigenvalue weighted by molar-refractivity contribution is 0.267. The molecule has 0 aliphatic rings. The summed E-state index contributed by atoms with van der Waals surface area (Å²) in [5.41, 5.74) is 0. The van der Waals surface area contributed by atoms with Crippen LogP contribution in [0.5, 0.6) is 0 Å². The average molecular weight is 164 g/mol. The molecule has 59 valence electrons. The zero-order chi connectivity index (χ0) is 7.98. The van der Waals surface area contributed by atoms with Crippen LogP contribution in [0.25, 0.3) is 0 Å². The van der Waals surface area contributed by atoms with Gasteiger partial charge in [0.05, 0.1) is 5.38 Å². The van der Waals surface area contributed by atoms with Gasteiger partial charge in [0.25, 0.3) is 0 Å². The largest absolute Gasteiger partial charge is 0.456 e. The second-order valence-corrected chi connectivity index (χ2v) is 3.24. The molecule has 0 N–H and O–H groups in total. The monoisotopic (exact) mass is 163 g/mol. The Balaban J connectivity index is 3.24. The molecule has 0 heterocycles. The van der Waals surface area contributed by atoms with Gasteiger partial charge >= 0.3 is 6.47 Å². The summed E-state index contributed by atoms with van der Waals surface area (Å²) < 4.78 is 4.36. The quantitative estimate of drug-likeness (QED) is 0.577. The van der Waals surface area contributed by atoms with Gasteiger partial charge in [-0.3, -0.25) is 0 Å². The van der Waals surface area contributed by atoms with Gasteiger partial charge in [-0.15, -0.1) is 11.6 Å². The third-order valence-corrected chi connectivity index (χ3v) is 1.35. The van der Waals surface area contributed by atoms with E-state index >= 15 is 0 Å². The molecule has 0 aromatic carbocycles. The zero-order valence-electron chi connectivity index (χ0n) is 6.26. The predicted molar refractivity (Wildman–Crippen MR) is 40.7 cm³/mol. The molecule has 1 atom stereocenters. The summed E-state index contributed by atoms with van der Waals surface area (Å²) in [6.45, 7) is 5.74. The van der Waals surface area contributed by atoms with Gasteiger partial charge in [0.15, 0.2) is 0 Å². The zero-order valence-corrected chi connectivity index (χ0v) is 7.02. The summed E-state index contributed by atoms with van der Waals surface area (Å²) >= 11 is 5.75. The number of halogens is 1. The molecule has 3 heteroatoms. The molecule has 0 spiro atoms. The smallest absolute Gasteiger partial charge is 0.417 e.